The third-order valence-electron chi connectivity index (χ3n) is 5.54. The van der Waals surface area contributed by atoms with Crippen LogP contribution in [0.25, 0.3) is 22.4 Å². The Morgan fingerprint density at radius 1 is 1.00 bits per heavy atom. The summed E-state index contributed by atoms with van der Waals surface area (Å²) in [5.41, 5.74) is 3.76. The highest BCUT2D eigenvalue weighted by Crippen LogP contribution is 2.25. The summed E-state index contributed by atoms with van der Waals surface area (Å²) < 4.78 is 3.40. The smallest absolute Gasteiger partial charge is 0.267 e. The van der Waals surface area contributed by atoms with Crippen LogP contribution in [0.15, 0.2) is 76.7 Å². The number of nitrogens with one attached hydrogen (secondary N) is 1. The van der Waals surface area contributed by atoms with Crippen molar-refractivity contribution in [3.8, 4) is 5.69 Å². The van der Waals surface area contributed by atoms with E-state index in [1.165, 1.54) is 11.8 Å². The zero-order valence-electron chi connectivity index (χ0n) is 18.4. The summed E-state index contributed by atoms with van der Waals surface area (Å²) >= 11 is 7.41. The highest BCUT2D eigenvalue weighted by atomic mass is 35.5. The fourth-order valence-corrected chi connectivity index (χ4v) is 4.72. The lowest BCUT2D eigenvalue weighted by molar-refractivity contribution is -0.113. The van der Waals surface area contributed by atoms with Crippen molar-refractivity contribution in [3.63, 3.8) is 0 Å². The number of carbonyl (C=O) groups excluding carboxylic acids is 1. The SMILES string of the molecule is Cc1ccc(NC(=O)CSc2nnc3n(-c4ccccc4C)c(=O)c4ccccc4n23)cc1Cl. The lowest BCUT2D eigenvalue weighted by Crippen LogP contribution is -2.22. The first-order valence-corrected chi connectivity index (χ1v) is 11.9. The maximum atomic E-state index is 13.4. The average Bonchev–Trinajstić information content (AvgIpc) is 3.25. The molecule has 34 heavy (non-hydrogen) atoms. The molecule has 0 aliphatic heterocycles. The van der Waals surface area contributed by atoms with E-state index in [0.29, 0.717) is 32.5 Å². The normalized spacial score (nSPS) is 11.3. The van der Waals surface area contributed by atoms with Crippen LogP contribution in [-0.2, 0) is 4.79 Å². The van der Waals surface area contributed by atoms with Crippen LogP contribution in [0.5, 0.6) is 0 Å². The maximum absolute atomic E-state index is 13.4. The van der Waals surface area contributed by atoms with Gasteiger partial charge in [0, 0.05) is 10.7 Å². The number of amides is 1. The Bertz CT molecular complexity index is 1630. The van der Waals surface area contributed by atoms with Crippen molar-refractivity contribution in [2.45, 2.75) is 19.0 Å². The van der Waals surface area contributed by atoms with Gasteiger partial charge >= 0.3 is 0 Å². The molecule has 0 spiro atoms. The van der Waals surface area contributed by atoms with E-state index >= 15 is 0 Å². The van der Waals surface area contributed by atoms with Crippen molar-refractivity contribution in [2.24, 2.45) is 0 Å². The molecule has 7 nitrogen and oxygen atoms in total. The minimum Gasteiger partial charge on any atom is -0.325 e. The number of aromatic nitrogens is 4. The summed E-state index contributed by atoms with van der Waals surface area (Å²) in [6.45, 7) is 3.85. The molecule has 1 N–H and O–H groups in total. The molecule has 0 bridgehead atoms. The van der Waals surface area contributed by atoms with Crippen molar-refractivity contribution >= 4 is 51.6 Å². The summed E-state index contributed by atoms with van der Waals surface area (Å²) in [5, 5.41) is 13.2. The van der Waals surface area contributed by atoms with Gasteiger partial charge in [-0.15, -0.1) is 10.2 Å². The van der Waals surface area contributed by atoms with E-state index in [9.17, 15) is 9.59 Å². The molecule has 0 radical (unpaired) electrons. The van der Waals surface area contributed by atoms with Gasteiger partial charge in [0.15, 0.2) is 5.16 Å². The van der Waals surface area contributed by atoms with Gasteiger partial charge in [-0.2, -0.15) is 0 Å². The predicted molar refractivity (Wildman–Crippen MR) is 136 cm³/mol. The van der Waals surface area contributed by atoms with E-state index in [-0.39, 0.29) is 17.2 Å². The van der Waals surface area contributed by atoms with Crippen LogP contribution >= 0.6 is 23.4 Å². The van der Waals surface area contributed by atoms with Gasteiger partial charge in [-0.1, -0.05) is 59.8 Å². The summed E-state index contributed by atoms with van der Waals surface area (Å²) in [7, 11) is 0. The summed E-state index contributed by atoms with van der Waals surface area (Å²) in [4.78, 5) is 26.0. The number of halogens is 1. The molecular formula is C25H20ClN5O2S. The molecule has 0 fully saturated rings. The van der Waals surface area contributed by atoms with Crippen molar-refractivity contribution in [3.05, 3.63) is 93.2 Å². The number of carbonyl (C=O) groups is 1. The molecular weight excluding hydrogens is 470 g/mol. The van der Waals surface area contributed by atoms with Gasteiger partial charge < -0.3 is 5.32 Å². The fraction of sp³-hybridized carbons (Fsp3) is 0.120. The number of para-hydroxylation sites is 2. The van der Waals surface area contributed by atoms with Crippen LogP contribution in [0.4, 0.5) is 5.69 Å². The quantitative estimate of drug-likeness (QED) is 0.350. The second-order valence-electron chi connectivity index (χ2n) is 7.86. The van der Waals surface area contributed by atoms with Gasteiger partial charge in [-0.05, 0) is 55.3 Å². The average molecular weight is 490 g/mol. The second kappa shape index (κ2) is 8.96. The van der Waals surface area contributed by atoms with E-state index in [4.69, 9.17) is 11.6 Å². The van der Waals surface area contributed by atoms with Gasteiger partial charge in [-0.25, -0.2) is 4.57 Å². The van der Waals surface area contributed by atoms with Crippen molar-refractivity contribution in [1.29, 1.82) is 0 Å². The van der Waals surface area contributed by atoms with Gasteiger partial charge in [0.25, 0.3) is 5.56 Å². The standard InChI is InChI=1S/C25H20ClN5O2S/c1-15-11-12-17(13-19(15)26)27-22(32)14-34-25-29-28-24-30(20-9-5-3-7-16(20)2)23(33)18-8-4-6-10-21(18)31(24)25/h3-13H,14H2,1-2H3,(H,27,32). The first kappa shape index (κ1) is 22.2. The molecule has 2 aromatic heterocycles. The molecule has 0 saturated heterocycles. The highest BCUT2D eigenvalue weighted by Gasteiger charge is 2.19. The third kappa shape index (κ3) is 3.95. The molecule has 3 aromatic carbocycles. The molecule has 0 saturated carbocycles. The molecule has 0 atom stereocenters. The lowest BCUT2D eigenvalue weighted by atomic mass is 10.2. The molecule has 5 rings (SSSR count). The van der Waals surface area contributed by atoms with Gasteiger partial charge in [0.05, 0.1) is 22.3 Å². The van der Waals surface area contributed by atoms with Crippen LogP contribution < -0.4 is 10.9 Å². The number of nitrogens with zero attached hydrogens (tertiary/aromatic N) is 4. The number of aryl methyl sites for hydroxylation is 2. The monoisotopic (exact) mass is 489 g/mol. The molecule has 170 valence electrons. The number of anilines is 1. The minimum atomic E-state index is -0.196. The molecule has 9 heteroatoms. The first-order valence-electron chi connectivity index (χ1n) is 10.6. The van der Waals surface area contributed by atoms with Gasteiger partial charge in [-0.3, -0.25) is 14.0 Å². The van der Waals surface area contributed by atoms with Crippen molar-refractivity contribution < 1.29 is 4.79 Å². The third-order valence-corrected chi connectivity index (χ3v) is 6.88. The number of benzene rings is 3. The van der Waals surface area contributed by atoms with Crippen LogP contribution in [0.3, 0.4) is 0 Å². The second-order valence-corrected chi connectivity index (χ2v) is 9.21. The van der Waals surface area contributed by atoms with Gasteiger partial charge in [0.1, 0.15) is 0 Å². The number of rotatable bonds is 5. The number of hydrogen-bond acceptors (Lipinski definition) is 5. The van der Waals surface area contributed by atoms with E-state index in [1.807, 2.05) is 72.8 Å². The summed E-state index contributed by atoms with van der Waals surface area (Å²) in [5.74, 6) is 0.314. The predicted octanol–water partition coefficient (Wildman–Crippen LogP) is 5.03. The minimum absolute atomic E-state index is 0.115. The zero-order chi connectivity index (χ0) is 23.8. The maximum Gasteiger partial charge on any atom is 0.267 e. The molecule has 0 aliphatic rings. The fourth-order valence-electron chi connectivity index (χ4n) is 3.80. The van der Waals surface area contributed by atoms with Gasteiger partial charge in [0.2, 0.25) is 11.7 Å². The molecule has 5 aromatic rings. The number of fused-ring (bicyclic) bond motifs is 3. The van der Waals surface area contributed by atoms with Crippen LogP contribution in [0, 0.1) is 13.8 Å². The summed E-state index contributed by atoms with van der Waals surface area (Å²) in [6, 6.07) is 20.4. The van der Waals surface area contributed by atoms with Crippen LogP contribution in [0.2, 0.25) is 5.02 Å². The van der Waals surface area contributed by atoms with Crippen molar-refractivity contribution in [2.75, 3.05) is 11.1 Å². The van der Waals surface area contributed by atoms with E-state index in [1.54, 1.807) is 16.7 Å². The van der Waals surface area contributed by atoms with E-state index in [2.05, 4.69) is 15.5 Å². The molecule has 1 amide bonds. The Hall–Kier alpha value is -3.62. The Morgan fingerprint density at radius 3 is 2.56 bits per heavy atom. The Balaban J connectivity index is 1.54. The van der Waals surface area contributed by atoms with E-state index < -0.39 is 0 Å². The Labute approximate surface area is 204 Å². The Morgan fingerprint density at radius 2 is 1.76 bits per heavy atom. The molecule has 0 aliphatic carbocycles. The lowest BCUT2D eigenvalue weighted by Gasteiger charge is -2.13. The first-order chi connectivity index (χ1) is 16.4. The van der Waals surface area contributed by atoms with Crippen LogP contribution in [-0.4, -0.2) is 30.8 Å². The number of hydrogen-bond donors (Lipinski definition) is 1. The Kier molecular flexibility index (Phi) is 5.85. The molecule has 2 heterocycles. The number of thioether (sulfide) groups is 1. The van der Waals surface area contributed by atoms with Crippen LogP contribution in [0.1, 0.15) is 11.1 Å². The largest absolute Gasteiger partial charge is 0.325 e. The van der Waals surface area contributed by atoms with Crippen molar-refractivity contribution in [1.82, 2.24) is 19.2 Å². The highest BCUT2D eigenvalue weighted by molar-refractivity contribution is 7.99. The van der Waals surface area contributed by atoms with E-state index in [0.717, 1.165) is 16.8 Å². The molecule has 0 unspecified atom stereocenters. The zero-order valence-corrected chi connectivity index (χ0v) is 20.0. The summed E-state index contributed by atoms with van der Waals surface area (Å²) in [6.07, 6.45) is 0. The topological polar surface area (TPSA) is 81.3 Å².